The summed E-state index contributed by atoms with van der Waals surface area (Å²) in [5.41, 5.74) is 2.43. The summed E-state index contributed by atoms with van der Waals surface area (Å²) < 4.78 is 5.31. The Balaban J connectivity index is 1.99. The fourth-order valence-electron chi connectivity index (χ4n) is 2.07. The van der Waals surface area contributed by atoms with Crippen molar-refractivity contribution in [1.29, 1.82) is 5.26 Å². The lowest BCUT2D eigenvalue weighted by atomic mass is 10.1. The predicted molar refractivity (Wildman–Crippen MR) is 84.0 cm³/mol. The minimum atomic E-state index is -0.390. The van der Waals surface area contributed by atoms with Gasteiger partial charge in [0.05, 0.1) is 17.7 Å². The van der Waals surface area contributed by atoms with E-state index < -0.39 is 6.09 Å². The quantitative estimate of drug-likeness (QED) is 0.859. The largest absolute Gasteiger partial charge is 0.445 e. The van der Waals surface area contributed by atoms with Crippen molar-refractivity contribution in [1.82, 2.24) is 4.90 Å². The van der Waals surface area contributed by atoms with Gasteiger partial charge >= 0.3 is 6.09 Å². The maximum Gasteiger partial charge on any atom is 0.410 e. The first kappa shape index (κ1) is 15.6. The highest BCUT2D eigenvalue weighted by molar-refractivity contribution is 5.68. The second kappa shape index (κ2) is 7.28. The Bertz CT molecular complexity index is 677. The number of hydrogen-bond acceptors (Lipinski definition) is 3. The van der Waals surface area contributed by atoms with E-state index in [1.807, 2.05) is 49.4 Å². The summed E-state index contributed by atoms with van der Waals surface area (Å²) >= 11 is 0. The van der Waals surface area contributed by atoms with Crippen molar-refractivity contribution in [2.24, 2.45) is 0 Å². The van der Waals surface area contributed by atoms with Crippen LogP contribution in [0.5, 0.6) is 0 Å². The van der Waals surface area contributed by atoms with Gasteiger partial charge in [-0.2, -0.15) is 5.26 Å². The molecule has 2 rings (SSSR count). The molecule has 4 heteroatoms. The second-order valence-corrected chi connectivity index (χ2v) is 5.06. The van der Waals surface area contributed by atoms with E-state index in [0.717, 1.165) is 11.1 Å². The molecule has 4 nitrogen and oxygen atoms in total. The molecular formula is C18H18N2O2. The zero-order chi connectivity index (χ0) is 15.9. The number of benzene rings is 2. The van der Waals surface area contributed by atoms with Crippen LogP contribution in [0.15, 0.2) is 54.6 Å². The number of carbonyl (C=O) groups is 1. The van der Waals surface area contributed by atoms with Gasteiger partial charge in [-0.05, 0) is 30.2 Å². The number of ether oxygens (including phenoxy) is 1. The number of nitriles is 1. The number of nitrogens with zero attached hydrogens (tertiary/aromatic N) is 2. The van der Waals surface area contributed by atoms with Gasteiger partial charge in [0, 0.05) is 7.05 Å². The van der Waals surface area contributed by atoms with Gasteiger partial charge < -0.3 is 9.64 Å². The fourth-order valence-corrected chi connectivity index (χ4v) is 2.07. The number of amides is 1. The molecule has 0 bridgehead atoms. The van der Waals surface area contributed by atoms with Gasteiger partial charge in [0.1, 0.15) is 6.61 Å². The Kier molecular flexibility index (Phi) is 5.16. The van der Waals surface area contributed by atoms with E-state index in [4.69, 9.17) is 10.00 Å². The van der Waals surface area contributed by atoms with E-state index in [-0.39, 0.29) is 12.6 Å². The second-order valence-electron chi connectivity index (χ2n) is 5.06. The van der Waals surface area contributed by atoms with Crippen LogP contribution < -0.4 is 0 Å². The first-order chi connectivity index (χ1) is 10.6. The third-order valence-corrected chi connectivity index (χ3v) is 3.57. The summed E-state index contributed by atoms with van der Waals surface area (Å²) in [5.74, 6) is 0. The molecule has 1 amide bonds. The smallest absolute Gasteiger partial charge is 0.410 e. The SMILES string of the molecule is CC(c1cccc(C#N)c1)N(C)C(=O)OCc1ccccc1. The average Bonchev–Trinajstić information content (AvgIpc) is 2.59. The molecule has 1 atom stereocenters. The Hall–Kier alpha value is -2.80. The Morgan fingerprint density at radius 2 is 1.95 bits per heavy atom. The van der Waals surface area contributed by atoms with Crippen molar-refractivity contribution < 1.29 is 9.53 Å². The van der Waals surface area contributed by atoms with Crippen LogP contribution in [0.3, 0.4) is 0 Å². The van der Waals surface area contributed by atoms with Crippen LogP contribution in [0.4, 0.5) is 4.79 Å². The molecule has 2 aromatic carbocycles. The van der Waals surface area contributed by atoms with Crippen LogP contribution in [-0.4, -0.2) is 18.0 Å². The topological polar surface area (TPSA) is 53.3 Å². The molecule has 112 valence electrons. The number of hydrogen-bond donors (Lipinski definition) is 0. The molecule has 0 aromatic heterocycles. The van der Waals surface area contributed by atoms with Crippen LogP contribution in [-0.2, 0) is 11.3 Å². The van der Waals surface area contributed by atoms with Crippen molar-refractivity contribution in [2.75, 3.05) is 7.05 Å². The summed E-state index contributed by atoms with van der Waals surface area (Å²) in [6.07, 6.45) is -0.390. The van der Waals surface area contributed by atoms with Gasteiger partial charge in [-0.25, -0.2) is 4.79 Å². The molecule has 0 aliphatic rings. The third-order valence-electron chi connectivity index (χ3n) is 3.57. The molecule has 22 heavy (non-hydrogen) atoms. The minimum Gasteiger partial charge on any atom is -0.445 e. The summed E-state index contributed by atoms with van der Waals surface area (Å²) in [5, 5.41) is 8.95. The van der Waals surface area contributed by atoms with Crippen molar-refractivity contribution in [3.63, 3.8) is 0 Å². The lowest BCUT2D eigenvalue weighted by molar-refractivity contribution is 0.0934. The predicted octanol–water partition coefficient (Wildman–Crippen LogP) is 3.89. The van der Waals surface area contributed by atoms with Gasteiger partial charge in [0.25, 0.3) is 0 Å². The van der Waals surface area contributed by atoms with Gasteiger partial charge in [-0.1, -0.05) is 42.5 Å². The molecule has 0 spiro atoms. The standard InChI is InChI=1S/C18H18N2O2/c1-14(17-10-6-9-16(11-17)12-19)20(2)18(21)22-13-15-7-4-3-5-8-15/h3-11,14H,13H2,1-2H3. The van der Waals surface area contributed by atoms with E-state index >= 15 is 0 Å². The van der Waals surface area contributed by atoms with Gasteiger partial charge in [-0.3, -0.25) is 0 Å². The number of rotatable bonds is 4. The van der Waals surface area contributed by atoms with E-state index in [9.17, 15) is 4.79 Å². The first-order valence-corrected chi connectivity index (χ1v) is 7.05. The van der Waals surface area contributed by atoms with Crippen molar-refractivity contribution in [3.8, 4) is 6.07 Å². The first-order valence-electron chi connectivity index (χ1n) is 7.05. The summed E-state index contributed by atoms with van der Waals surface area (Å²) in [4.78, 5) is 13.7. The van der Waals surface area contributed by atoms with E-state index in [1.165, 1.54) is 4.90 Å². The summed E-state index contributed by atoms with van der Waals surface area (Å²) in [7, 11) is 1.69. The minimum absolute atomic E-state index is 0.170. The maximum absolute atomic E-state index is 12.1. The Morgan fingerprint density at radius 1 is 1.23 bits per heavy atom. The summed E-state index contributed by atoms with van der Waals surface area (Å²) in [6.45, 7) is 2.15. The molecule has 0 N–H and O–H groups in total. The molecular weight excluding hydrogens is 276 g/mol. The monoisotopic (exact) mass is 294 g/mol. The van der Waals surface area contributed by atoms with Crippen molar-refractivity contribution in [2.45, 2.75) is 19.6 Å². The molecule has 0 fully saturated rings. The molecule has 0 aliphatic carbocycles. The van der Waals surface area contributed by atoms with E-state index in [2.05, 4.69) is 6.07 Å². The third kappa shape index (κ3) is 3.86. The molecule has 2 aromatic rings. The molecule has 0 radical (unpaired) electrons. The van der Waals surface area contributed by atoms with Gasteiger partial charge in [-0.15, -0.1) is 0 Å². The lowest BCUT2D eigenvalue weighted by Crippen LogP contribution is -2.30. The highest BCUT2D eigenvalue weighted by atomic mass is 16.6. The lowest BCUT2D eigenvalue weighted by Gasteiger charge is -2.24. The van der Waals surface area contributed by atoms with Crippen LogP contribution >= 0.6 is 0 Å². The van der Waals surface area contributed by atoms with Crippen LogP contribution in [0.25, 0.3) is 0 Å². The molecule has 0 saturated carbocycles. The average molecular weight is 294 g/mol. The molecule has 0 saturated heterocycles. The molecule has 1 unspecified atom stereocenters. The van der Waals surface area contributed by atoms with Crippen LogP contribution in [0, 0.1) is 11.3 Å². The molecule has 0 aliphatic heterocycles. The maximum atomic E-state index is 12.1. The normalized spacial score (nSPS) is 11.3. The number of carbonyl (C=O) groups excluding carboxylic acids is 1. The van der Waals surface area contributed by atoms with Crippen molar-refractivity contribution >= 4 is 6.09 Å². The van der Waals surface area contributed by atoms with E-state index in [1.54, 1.807) is 19.2 Å². The molecule has 0 heterocycles. The fraction of sp³-hybridized carbons (Fsp3) is 0.222. The Morgan fingerprint density at radius 3 is 2.64 bits per heavy atom. The highest BCUT2D eigenvalue weighted by Crippen LogP contribution is 2.20. The van der Waals surface area contributed by atoms with Gasteiger partial charge in [0.2, 0.25) is 0 Å². The van der Waals surface area contributed by atoms with Gasteiger partial charge in [0.15, 0.2) is 0 Å². The zero-order valence-corrected chi connectivity index (χ0v) is 12.7. The van der Waals surface area contributed by atoms with E-state index in [0.29, 0.717) is 5.56 Å². The Labute approximate surface area is 130 Å². The summed E-state index contributed by atoms with van der Waals surface area (Å²) in [6, 6.07) is 18.7. The van der Waals surface area contributed by atoms with Crippen LogP contribution in [0.1, 0.15) is 29.7 Å². The van der Waals surface area contributed by atoms with Crippen molar-refractivity contribution in [3.05, 3.63) is 71.3 Å². The van der Waals surface area contributed by atoms with Crippen LogP contribution in [0.2, 0.25) is 0 Å². The highest BCUT2D eigenvalue weighted by Gasteiger charge is 2.18. The zero-order valence-electron chi connectivity index (χ0n) is 12.7.